The zero-order valence-electron chi connectivity index (χ0n) is 12.7. The van der Waals surface area contributed by atoms with Crippen LogP contribution >= 0.6 is 0 Å². The molecule has 2 aromatic rings. The summed E-state index contributed by atoms with van der Waals surface area (Å²) >= 11 is 0. The topological polar surface area (TPSA) is 65.4 Å². The molecule has 128 valence electrons. The first-order valence-corrected chi connectivity index (χ1v) is 7.55. The first kappa shape index (κ1) is 16.9. The monoisotopic (exact) mass is 338 g/mol. The van der Waals surface area contributed by atoms with Gasteiger partial charge in [-0.2, -0.15) is 13.2 Å². The van der Waals surface area contributed by atoms with Crippen LogP contribution in [0.2, 0.25) is 0 Å². The van der Waals surface area contributed by atoms with E-state index in [1.165, 1.54) is 17.2 Å². The molecule has 24 heavy (non-hydrogen) atoms. The number of fused-ring (bicyclic) bond motifs is 1. The molecule has 0 aliphatic heterocycles. The lowest BCUT2D eigenvalue weighted by Crippen LogP contribution is -2.43. The van der Waals surface area contributed by atoms with Crippen LogP contribution in [0, 0.1) is 0 Å². The molecule has 7 heteroatoms. The highest BCUT2D eigenvalue weighted by molar-refractivity contribution is 5.33. The van der Waals surface area contributed by atoms with Crippen molar-refractivity contribution in [2.45, 2.75) is 30.8 Å². The van der Waals surface area contributed by atoms with Gasteiger partial charge in [0, 0.05) is 6.04 Å². The van der Waals surface area contributed by atoms with Crippen molar-refractivity contribution in [2.75, 3.05) is 6.54 Å². The van der Waals surface area contributed by atoms with Gasteiger partial charge in [0.1, 0.15) is 11.4 Å². The fraction of sp³-hybridized carbons (Fsp3) is 0.353. The van der Waals surface area contributed by atoms with Gasteiger partial charge in [-0.3, -0.25) is 0 Å². The van der Waals surface area contributed by atoms with E-state index in [-0.39, 0.29) is 12.6 Å². The summed E-state index contributed by atoms with van der Waals surface area (Å²) in [7, 11) is 0. The largest absolute Gasteiger partial charge is 0.433 e. The molecule has 0 bridgehead atoms. The lowest BCUT2D eigenvalue weighted by atomic mass is 10.1. The molecule has 1 aliphatic rings. The highest BCUT2D eigenvalue weighted by atomic mass is 19.4. The molecule has 3 N–H and O–H groups in total. The van der Waals surface area contributed by atoms with Gasteiger partial charge in [0.15, 0.2) is 0 Å². The highest BCUT2D eigenvalue weighted by Gasteiger charge is 2.36. The summed E-state index contributed by atoms with van der Waals surface area (Å²) in [4.78, 5) is 3.34. The number of rotatable bonds is 4. The molecule has 0 unspecified atom stereocenters. The Labute approximate surface area is 137 Å². The van der Waals surface area contributed by atoms with Crippen LogP contribution in [0.4, 0.5) is 13.2 Å². The maximum Gasteiger partial charge on any atom is 0.433 e. The SMILES string of the molecule is OC(O)(CNC1Cc2ccccc2C1)c1cccc(C(F)(F)F)n1. The van der Waals surface area contributed by atoms with E-state index in [1.807, 2.05) is 24.3 Å². The Morgan fingerprint density at radius 3 is 2.12 bits per heavy atom. The average Bonchev–Trinajstić information content (AvgIpc) is 2.95. The van der Waals surface area contributed by atoms with Gasteiger partial charge in [0.2, 0.25) is 5.79 Å². The number of hydrogen-bond acceptors (Lipinski definition) is 4. The zero-order valence-corrected chi connectivity index (χ0v) is 12.7. The second-order valence-electron chi connectivity index (χ2n) is 5.98. The molecular weight excluding hydrogens is 321 g/mol. The first-order valence-electron chi connectivity index (χ1n) is 7.55. The van der Waals surface area contributed by atoms with E-state index >= 15 is 0 Å². The Bertz CT molecular complexity index is 707. The maximum absolute atomic E-state index is 12.7. The number of aliphatic hydroxyl groups is 2. The number of pyridine rings is 1. The third-order valence-electron chi connectivity index (χ3n) is 4.14. The van der Waals surface area contributed by atoms with E-state index < -0.39 is 23.4 Å². The highest BCUT2D eigenvalue weighted by Crippen LogP contribution is 2.29. The van der Waals surface area contributed by atoms with Crippen molar-refractivity contribution < 1.29 is 23.4 Å². The second-order valence-corrected chi connectivity index (χ2v) is 5.98. The Morgan fingerprint density at radius 1 is 0.958 bits per heavy atom. The van der Waals surface area contributed by atoms with Crippen molar-refractivity contribution in [3.63, 3.8) is 0 Å². The van der Waals surface area contributed by atoms with Crippen LogP contribution < -0.4 is 5.32 Å². The van der Waals surface area contributed by atoms with Gasteiger partial charge in [-0.1, -0.05) is 30.3 Å². The predicted molar refractivity (Wildman–Crippen MR) is 81.0 cm³/mol. The van der Waals surface area contributed by atoms with Crippen LogP contribution in [-0.4, -0.2) is 27.8 Å². The standard InChI is InChI=1S/C17H17F3N2O2/c18-17(19,20)15-7-3-6-14(22-15)16(23,24)10-21-13-8-11-4-1-2-5-12(11)9-13/h1-7,13,21,23-24H,8-10H2. The van der Waals surface area contributed by atoms with Crippen LogP contribution in [0.3, 0.4) is 0 Å². The summed E-state index contributed by atoms with van der Waals surface area (Å²) in [5, 5.41) is 23.2. The fourth-order valence-corrected chi connectivity index (χ4v) is 2.90. The van der Waals surface area contributed by atoms with E-state index in [0.29, 0.717) is 0 Å². The Balaban J connectivity index is 1.67. The molecular formula is C17H17F3N2O2. The molecule has 0 saturated carbocycles. The molecule has 0 atom stereocenters. The number of nitrogens with zero attached hydrogens (tertiary/aromatic N) is 1. The summed E-state index contributed by atoms with van der Waals surface area (Å²) in [6.07, 6.45) is -3.16. The fourth-order valence-electron chi connectivity index (χ4n) is 2.90. The van der Waals surface area contributed by atoms with Gasteiger partial charge in [0.25, 0.3) is 0 Å². The van der Waals surface area contributed by atoms with E-state index in [2.05, 4.69) is 10.3 Å². The molecule has 0 amide bonds. The summed E-state index contributed by atoms with van der Waals surface area (Å²) in [5.74, 6) is -2.48. The molecule has 1 aromatic heterocycles. The van der Waals surface area contributed by atoms with Crippen molar-refractivity contribution >= 4 is 0 Å². The minimum Gasteiger partial charge on any atom is -0.360 e. The third kappa shape index (κ3) is 3.58. The van der Waals surface area contributed by atoms with Crippen LogP contribution in [-0.2, 0) is 24.8 Å². The number of halogens is 3. The molecule has 1 aromatic carbocycles. The van der Waals surface area contributed by atoms with E-state index in [9.17, 15) is 23.4 Å². The lowest BCUT2D eigenvalue weighted by Gasteiger charge is -2.24. The maximum atomic E-state index is 12.7. The molecule has 1 heterocycles. The average molecular weight is 338 g/mol. The number of benzene rings is 1. The zero-order chi connectivity index (χ0) is 17.4. The van der Waals surface area contributed by atoms with E-state index in [1.54, 1.807) is 0 Å². The van der Waals surface area contributed by atoms with Gasteiger partial charge < -0.3 is 15.5 Å². The summed E-state index contributed by atoms with van der Waals surface area (Å²) in [6, 6.07) is 11.0. The van der Waals surface area contributed by atoms with Crippen LogP contribution in [0.1, 0.15) is 22.5 Å². The summed E-state index contributed by atoms with van der Waals surface area (Å²) in [6.45, 7) is -0.306. The number of nitrogens with one attached hydrogen (secondary N) is 1. The number of hydrogen-bond donors (Lipinski definition) is 3. The van der Waals surface area contributed by atoms with E-state index in [0.717, 1.165) is 25.0 Å². The smallest absolute Gasteiger partial charge is 0.360 e. The van der Waals surface area contributed by atoms with Crippen molar-refractivity contribution in [3.8, 4) is 0 Å². The van der Waals surface area contributed by atoms with Crippen LogP contribution in [0.25, 0.3) is 0 Å². The van der Waals surface area contributed by atoms with Crippen molar-refractivity contribution in [1.29, 1.82) is 0 Å². The van der Waals surface area contributed by atoms with Gasteiger partial charge in [-0.15, -0.1) is 0 Å². The number of aromatic nitrogens is 1. The minimum absolute atomic E-state index is 0.00636. The first-order chi connectivity index (χ1) is 11.3. The van der Waals surface area contributed by atoms with Gasteiger partial charge in [-0.25, -0.2) is 4.98 Å². The summed E-state index contributed by atoms with van der Waals surface area (Å²) < 4.78 is 38.1. The molecule has 1 aliphatic carbocycles. The van der Waals surface area contributed by atoms with Crippen LogP contribution in [0.5, 0.6) is 0 Å². The van der Waals surface area contributed by atoms with Crippen molar-refractivity contribution in [2.24, 2.45) is 0 Å². The third-order valence-corrected chi connectivity index (χ3v) is 4.14. The minimum atomic E-state index is -4.63. The number of alkyl halides is 3. The van der Waals surface area contributed by atoms with Crippen molar-refractivity contribution in [3.05, 3.63) is 65.0 Å². The summed E-state index contributed by atoms with van der Waals surface area (Å²) in [5.41, 5.74) is 0.795. The normalized spacial score (nSPS) is 15.5. The molecule has 0 fully saturated rings. The molecule has 0 saturated heterocycles. The molecule has 4 nitrogen and oxygen atoms in total. The Kier molecular flexibility index (Phi) is 4.33. The lowest BCUT2D eigenvalue weighted by molar-refractivity contribution is -0.171. The second kappa shape index (κ2) is 6.16. The van der Waals surface area contributed by atoms with Gasteiger partial charge in [-0.05, 0) is 36.1 Å². The molecule has 0 radical (unpaired) electrons. The Morgan fingerprint density at radius 2 is 1.54 bits per heavy atom. The Hall–Kier alpha value is -1.96. The van der Waals surface area contributed by atoms with Gasteiger partial charge in [0.05, 0.1) is 6.54 Å². The van der Waals surface area contributed by atoms with Crippen molar-refractivity contribution in [1.82, 2.24) is 10.3 Å². The predicted octanol–water partition coefficient (Wildman–Crippen LogP) is 1.99. The van der Waals surface area contributed by atoms with Crippen LogP contribution in [0.15, 0.2) is 42.5 Å². The van der Waals surface area contributed by atoms with E-state index in [4.69, 9.17) is 0 Å². The molecule has 3 rings (SSSR count). The molecule has 0 spiro atoms. The van der Waals surface area contributed by atoms with Gasteiger partial charge >= 0.3 is 6.18 Å². The quantitative estimate of drug-likeness (QED) is 0.746.